The second-order valence-electron chi connectivity index (χ2n) is 3.06. The van der Waals surface area contributed by atoms with Gasteiger partial charge in [-0.05, 0) is 24.3 Å². The van der Waals surface area contributed by atoms with Gasteiger partial charge >= 0.3 is 5.91 Å². The van der Waals surface area contributed by atoms with E-state index in [9.17, 15) is 13.2 Å². The smallest absolute Gasteiger partial charge is 0.282 e. The third kappa shape index (κ3) is 4.62. The van der Waals surface area contributed by atoms with E-state index in [-0.39, 0.29) is 10.8 Å². The molecule has 1 N–H and O–H groups in total. The van der Waals surface area contributed by atoms with Crippen molar-refractivity contribution in [2.45, 2.75) is 11.8 Å². The lowest BCUT2D eigenvalue weighted by molar-refractivity contribution is -0.111. The summed E-state index contributed by atoms with van der Waals surface area (Å²) in [6.07, 6.45) is 1.06. The Kier molecular flexibility index (Phi) is 4.18. The summed E-state index contributed by atoms with van der Waals surface area (Å²) in [6.45, 7) is 1.84. The van der Waals surface area contributed by atoms with Crippen LogP contribution in [0.5, 0.6) is 0 Å². The molecule has 7 nitrogen and oxygen atoms in total. The van der Waals surface area contributed by atoms with Crippen LogP contribution in [0.1, 0.15) is 5.56 Å². The van der Waals surface area contributed by atoms with Gasteiger partial charge in [-0.25, -0.2) is 0 Å². The Morgan fingerprint density at radius 3 is 2.06 bits per heavy atom. The zero-order chi connectivity index (χ0) is 12.9. The molecule has 0 spiro atoms. The average Bonchev–Trinajstić information content (AvgIpc) is 2.69. The minimum absolute atomic E-state index is 0.0666. The van der Waals surface area contributed by atoms with Crippen molar-refractivity contribution in [2.24, 2.45) is 15.4 Å². The van der Waals surface area contributed by atoms with Crippen LogP contribution in [0.25, 0.3) is 0 Å². The number of benzene rings is 1. The molecule has 0 saturated heterocycles. The Morgan fingerprint density at radius 2 is 1.76 bits per heavy atom. The van der Waals surface area contributed by atoms with E-state index in [1.54, 1.807) is 12.1 Å². The fraction of sp³-hybridized carbons (Fsp3) is 0.111. The molecule has 0 bridgehead atoms. The second-order valence-corrected chi connectivity index (χ2v) is 4.48. The number of nitrogens with zero attached hydrogens (tertiary/aromatic N) is 3. The monoisotopic (exact) mass is 255 g/mol. The molecule has 0 fully saturated rings. The third-order valence-corrected chi connectivity index (χ3v) is 2.55. The van der Waals surface area contributed by atoms with Gasteiger partial charge in [0, 0.05) is 0 Å². The number of amides is 1. The van der Waals surface area contributed by atoms with Crippen LogP contribution < -0.4 is 0 Å². The molecule has 90 valence electrons. The molecule has 0 radical (unpaired) electrons. The highest BCUT2D eigenvalue weighted by molar-refractivity contribution is 7.85. The topological polar surface area (TPSA) is 109 Å². The maximum Gasteiger partial charge on any atom is 0.310 e. The van der Waals surface area contributed by atoms with Crippen LogP contribution in [0.4, 0.5) is 0 Å². The molecule has 0 aromatic heterocycles. The van der Waals surface area contributed by atoms with Gasteiger partial charge in [-0.15, -0.1) is 5.10 Å². The van der Waals surface area contributed by atoms with Gasteiger partial charge < -0.3 is 0 Å². The van der Waals surface area contributed by atoms with Crippen LogP contribution >= 0.6 is 0 Å². The molecule has 0 aliphatic carbocycles. The van der Waals surface area contributed by atoms with Crippen LogP contribution in [0.2, 0.25) is 0 Å². The number of aryl methyl sites for hydroxylation is 1. The first-order valence-corrected chi connectivity index (χ1v) is 5.86. The van der Waals surface area contributed by atoms with E-state index in [1.165, 1.54) is 12.1 Å². The first-order valence-electron chi connectivity index (χ1n) is 4.42. The predicted octanol–water partition coefficient (Wildman–Crippen LogP) is 1.21. The third-order valence-electron chi connectivity index (χ3n) is 1.68. The summed E-state index contributed by atoms with van der Waals surface area (Å²) < 4.78 is 29.6. The summed E-state index contributed by atoms with van der Waals surface area (Å²) in [4.78, 5) is 9.77. The fourth-order valence-electron chi connectivity index (χ4n) is 0.881. The summed E-state index contributed by atoms with van der Waals surface area (Å²) in [6, 6.07) is 5.99. The van der Waals surface area contributed by atoms with Gasteiger partial charge in [0.25, 0.3) is 10.1 Å². The highest BCUT2D eigenvalue weighted by Gasteiger charge is 2.06. The van der Waals surface area contributed by atoms with Crippen molar-refractivity contribution in [1.82, 2.24) is 0 Å². The molecular weight excluding hydrogens is 246 g/mol. The summed E-state index contributed by atoms with van der Waals surface area (Å²) in [5.41, 5.74) is 0.956. The van der Waals surface area contributed by atoms with E-state index in [4.69, 9.17) is 4.55 Å². The molecule has 1 aliphatic heterocycles. The first kappa shape index (κ1) is 13.1. The lowest BCUT2D eigenvalue weighted by atomic mass is 10.2. The van der Waals surface area contributed by atoms with Crippen LogP contribution in [0, 0.1) is 6.92 Å². The van der Waals surface area contributed by atoms with Crippen molar-refractivity contribution in [1.29, 1.82) is 0 Å². The number of carbonyl (C=O) groups is 1. The molecule has 0 unspecified atom stereocenters. The van der Waals surface area contributed by atoms with Crippen LogP contribution in [-0.2, 0) is 14.9 Å². The first-order chi connectivity index (χ1) is 7.89. The Labute approximate surface area is 97.6 Å². The quantitative estimate of drug-likeness (QED) is 0.760. The van der Waals surface area contributed by atoms with E-state index in [0.717, 1.165) is 11.8 Å². The highest BCUT2D eigenvalue weighted by Crippen LogP contribution is 2.08. The van der Waals surface area contributed by atoms with Crippen molar-refractivity contribution >= 4 is 22.2 Å². The van der Waals surface area contributed by atoms with E-state index >= 15 is 0 Å². The molecule has 17 heavy (non-hydrogen) atoms. The minimum atomic E-state index is -4.02. The van der Waals surface area contributed by atoms with Crippen LogP contribution in [-0.4, -0.2) is 25.1 Å². The number of hydrogen-bond donors (Lipinski definition) is 1. The molecule has 1 heterocycles. The number of carbonyl (C=O) groups excluding carboxylic acids is 1. The summed E-state index contributed by atoms with van der Waals surface area (Å²) >= 11 is 0. The Hall–Kier alpha value is -1.93. The van der Waals surface area contributed by atoms with Gasteiger partial charge in [0.1, 0.15) is 6.21 Å². The molecule has 1 amide bonds. The van der Waals surface area contributed by atoms with E-state index in [2.05, 4.69) is 15.4 Å². The number of rotatable bonds is 1. The summed E-state index contributed by atoms with van der Waals surface area (Å²) in [5.74, 6) is -0.380. The second kappa shape index (κ2) is 5.41. The largest absolute Gasteiger partial charge is 0.310 e. The molecule has 2 rings (SSSR count). The zero-order valence-corrected chi connectivity index (χ0v) is 9.63. The van der Waals surface area contributed by atoms with Crippen molar-refractivity contribution < 1.29 is 17.8 Å². The molecule has 1 aromatic carbocycles. The minimum Gasteiger partial charge on any atom is -0.282 e. The fourth-order valence-corrected chi connectivity index (χ4v) is 1.36. The van der Waals surface area contributed by atoms with Gasteiger partial charge in [-0.3, -0.25) is 9.35 Å². The van der Waals surface area contributed by atoms with Crippen molar-refractivity contribution in [2.75, 3.05) is 0 Å². The normalized spacial score (nSPS) is 13.4. The maximum absolute atomic E-state index is 10.5. The van der Waals surface area contributed by atoms with Crippen molar-refractivity contribution in [3.63, 3.8) is 0 Å². The molecule has 0 atom stereocenters. The summed E-state index contributed by atoms with van der Waals surface area (Å²) in [5, 5.41) is 9.16. The van der Waals surface area contributed by atoms with Gasteiger partial charge in [0.2, 0.25) is 0 Å². The zero-order valence-electron chi connectivity index (χ0n) is 8.81. The number of hydrogen-bond acceptors (Lipinski definition) is 5. The van der Waals surface area contributed by atoms with Crippen LogP contribution in [0.3, 0.4) is 0 Å². The molecule has 8 heteroatoms. The Morgan fingerprint density at radius 1 is 1.18 bits per heavy atom. The van der Waals surface area contributed by atoms with E-state index in [1.807, 2.05) is 6.92 Å². The Bertz CT molecular complexity index is 546. The molecule has 1 aliphatic rings. The highest BCUT2D eigenvalue weighted by atomic mass is 32.2. The predicted molar refractivity (Wildman–Crippen MR) is 59.3 cm³/mol. The van der Waals surface area contributed by atoms with Gasteiger partial charge in [-0.1, -0.05) is 22.8 Å². The van der Waals surface area contributed by atoms with E-state index in [0.29, 0.717) is 0 Å². The SMILES string of the molecule is Cc1ccc(S(=O)(=O)O)cc1.O=C1C=NN=N1. The van der Waals surface area contributed by atoms with E-state index < -0.39 is 10.1 Å². The van der Waals surface area contributed by atoms with Crippen molar-refractivity contribution in [3.8, 4) is 0 Å². The standard InChI is InChI=1S/C7H8O3S.C2HN3O/c1-6-2-4-7(5-3-6)11(8,9)10;6-2-1-3-5-4-2/h2-5H,1H3,(H,8,9,10);1H. The molecule has 0 saturated carbocycles. The average molecular weight is 255 g/mol. The van der Waals surface area contributed by atoms with Crippen molar-refractivity contribution in [3.05, 3.63) is 29.8 Å². The lowest BCUT2D eigenvalue weighted by Gasteiger charge is -1.95. The molecular formula is C9H9N3O4S. The van der Waals surface area contributed by atoms with Gasteiger partial charge in [0.05, 0.1) is 4.90 Å². The van der Waals surface area contributed by atoms with Gasteiger partial charge in [0.15, 0.2) is 0 Å². The summed E-state index contributed by atoms with van der Waals surface area (Å²) in [7, 11) is -4.02. The maximum atomic E-state index is 10.5. The van der Waals surface area contributed by atoms with Crippen LogP contribution in [0.15, 0.2) is 44.6 Å². The molecule has 1 aromatic rings. The lowest BCUT2D eigenvalue weighted by Crippen LogP contribution is -1.96. The Balaban J connectivity index is 0.000000202. The van der Waals surface area contributed by atoms with Gasteiger partial charge in [-0.2, -0.15) is 8.42 Å².